The first-order chi connectivity index (χ1) is 70.9. The summed E-state index contributed by atoms with van der Waals surface area (Å²) in [6, 6.07) is 70.2. The summed E-state index contributed by atoms with van der Waals surface area (Å²) >= 11 is 0. The molecule has 0 radical (unpaired) electrons. The zero-order valence-electron chi connectivity index (χ0n) is 83.0. The molecule has 1 aliphatic heterocycles. The van der Waals surface area contributed by atoms with Crippen LogP contribution >= 0.6 is 0 Å². The summed E-state index contributed by atoms with van der Waals surface area (Å²) in [5.41, 5.74) is 50.1. The van der Waals surface area contributed by atoms with Gasteiger partial charge in [0.05, 0.1) is 57.7 Å². The number of pyridine rings is 12. The number of carbonyl (C=O) groups is 1. The van der Waals surface area contributed by atoms with Crippen LogP contribution in [0.3, 0.4) is 0 Å². The second-order valence-electron chi connectivity index (χ2n) is 35.7. The van der Waals surface area contributed by atoms with Crippen molar-refractivity contribution in [3.8, 4) is 56.3 Å². The third-order valence-corrected chi connectivity index (χ3v) is 27.7. The number of piperidine rings is 1. The van der Waals surface area contributed by atoms with E-state index in [1.165, 1.54) is 34.1 Å². The zero-order valence-corrected chi connectivity index (χ0v) is 83.8. The van der Waals surface area contributed by atoms with Crippen molar-refractivity contribution in [2.24, 2.45) is 0 Å². The molecule has 33 heteroatoms. The molecule has 15 heterocycles. The molecule has 5 aromatic carbocycles. The van der Waals surface area contributed by atoms with E-state index in [0.717, 1.165) is 186 Å². The quantitative estimate of drug-likeness (QED) is 0.0239. The van der Waals surface area contributed by atoms with Crippen LogP contribution in [0.4, 0.5) is 81.3 Å². The van der Waals surface area contributed by atoms with Crippen molar-refractivity contribution in [2.75, 3.05) is 81.3 Å². The van der Waals surface area contributed by atoms with Crippen LogP contribution in [0, 0.1) is 6.92 Å². The second kappa shape index (κ2) is 45.8. The molecule has 1 aliphatic carbocycles. The second-order valence-corrected chi connectivity index (χ2v) is 37.7. The monoisotopic (exact) mass is 1960 g/mol. The van der Waals surface area contributed by atoms with Gasteiger partial charge in [0, 0.05) is 135 Å². The Kier molecular flexibility index (Phi) is 31.5. The van der Waals surface area contributed by atoms with E-state index in [4.69, 9.17) is 28.7 Å². The van der Waals surface area contributed by atoms with Gasteiger partial charge >= 0.3 is 0 Å². The Hall–Kier alpha value is -17.2. The third kappa shape index (κ3) is 23.9. The Labute approximate surface area is 847 Å². The molecule has 0 spiro atoms. The number of amides is 1. The predicted molar refractivity (Wildman–Crippen MR) is 589 cm³/mol. The van der Waals surface area contributed by atoms with Crippen LogP contribution in [0.1, 0.15) is 142 Å². The predicted octanol–water partition coefficient (Wildman–Crippen LogP) is 21.6. The Bertz CT molecular complexity index is 8080. The Morgan fingerprint density at radius 2 is 0.753 bits per heavy atom. The van der Waals surface area contributed by atoms with Crippen molar-refractivity contribution in [3.05, 3.63) is 319 Å². The molecule has 2 fully saturated rings. The summed E-state index contributed by atoms with van der Waals surface area (Å²) in [5.74, 6) is 7.11. The number of aliphatic hydroxyl groups excluding tert-OH is 1. The lowest BCUT2D eigenvalue weighted by molar-refractivity contribution is 0.0802. The molecule has 14 aromatic heterocycles. The molecule has 1 saturated carbocycles. The van der Waals surface area contributed by atoms with E-state index in [9.17, 15) is 18.3 Å². The molecule has 1 amide bonds. The van der Waals surface area contributed by atoms with Gasteiger partial charge in [-0.3, -0.25) is 14.2 Å². The standard InChI is InChI=1S/C25H26N6O.C24H27N7.C24H25N5O.C21H20N6.C19H20N4O2S/c1-4-16-8-6-7-9-19(16)21-12-18-14-23(28-15-20(18)24(26)29-21)30-22-13-17(10-11-27-22)25(32)31(3)5-2;1-2-16-5-3-4-6-20(16)22-11-17-12-23(27-14-21(17)24(25)30-22)29-18-13-28-31(15-18)19-7-9-26-10-8-19;1-3-15-7-5-6-8-18(15)20-11-17-13-23(27-14-19(17)24(25)28-20)29-22-12-16(9-10-26-22)21(30)4-2;1-3-14-6-4-5-7-16(14)18-9-15-10-20(23-11-17(15)21(22)26-18)27-19-8-13(2)24-12-25-19;1-2-12-5-3-4-6-15(12)17-9-13-10-18(21-11-16(13)19(20)22-17)23-26(24,25)14-7-8-14/h6-15H,4-5H2,1-3H3,(H2,26,29)(H,27,28,30);3-6,11-15,19,26H,2,7-10H2,1H3,(H2,25,30)(H,27,29);5-14,21,30H,3-4H2,1-2H3,(H2,25,28)(H,26,27,29);4-12H,3H2,1-2H3,(H2,22,26)(H,23,24,25,27);3-6,9-11,14H,2,7-8H2,1H3,(H2,20,22)(H,21,23)/t;;21-;;/m..1../s1. The lowest BCUT2D eigenvalue weighted by Crippen LogP contribution is -2.29. The van der Waals surface area contributed by atoms with E-state index in [1.54, 1.807) is 73.5 Å². The van der Waals surface area contributed by atoms with Gasteiger partial charge in [-0.05, 0) is 236 Å². The van der Waals surface area contributed by atoms with E-state index >= 15 is 0 Å². The van der Waals surface area contributed by atoms with Gasteiger partial charge in [0.15, 0.2) is 0 Å². The van der Waals surface area contributed by atoms with Gasteiger partial charge in [-0.25, -0.2) is 78.2 Å². The summed E-state index contributed by atoms with van der Waals surface area (Å²) in [4.78, 5) is 76.2. The molecule has 21 rings (SSSR count). The molecule has 2 aliphatic rings. The average Bonchev–Trinajstić information content (AvgIpc) is 1.25. The van der Waals surface area contributed by atoms with Gasteiger partial charge in [0.1, 0.15) is 82.0 Å². The molecule has 1 saturated heterocycles. The number of nitrogens with two attached hydrogens (primary N) is 5. The fourth-order valence-corrected chi connectivity index (χ4v) is 18.9. The topological polar surface area (TPSA) is 475 Å². The van der Waals surface area contributed by atoms with Crippen LogP contribution in [0.5, 0.6) is 0 Å². The number of anilines is 14. The Balaban J connectivity index is 0.000000125. The number of aliphatic hydroxyl groups is 1. The number of aryl methyl sites for hydroxylation is 6. The highest BCUT2D eigenvalue weighted by atomic mass is 32.2. The number of nitrogen functional groups attached to an aromatic ring is 5. The normalized spacial score (nSPS) is 12.6. The minimum absolute atomic E-state index is 0.0532. The van der Waals surface area contributed by atoms with Crippen molar-refractivity contribution >= 4 is 151 Å². The van der Waals surface area contributed by atoms with Crippen molar-refractivity contribution in [3.63, 3.8) is 0 Å². The molecular weight excluding hydrogens is 1850 g/mol. The molecule has 0 bridgehead atoms. The molecule has 146 heavy (non-hydrogen) atoms. The average molecular weight is 1960 g/mol. The highest BCUT2D eigenvalue weighted by Gasteiger charge is 2.36. The van der Waals surface area contributed by atoms with Crippen LogP contribution in [-0.2, 0) is 42.1 Å². The van der Waals surface area contributed by atoms with Gasteiger partial charge in [0.2, 0.25) is 10.0 Å². The SMILES string of the molecule is CCc1ccccc1-c1cc2cc(NS(=O)(=O)C3CC3)ncc2c(N)n1.CCc1ccccc1-c1cc2cc(Nc3cc(C(=O)N(C)CC)ccn3)ncc2c(N)n1.CCc1ccccc1-c1cc2cc(Nc3cc(C)ncn3)ncc2c(N)n1.CCc1ccccc1-c1cc2cc(Nc3cc([C@H](O)CC)ccn3)ncc2c(N)n1.CCc1ccccc1-c1cc2cc(Nc3cnn(C4CCNCC4)c3)ncc2c(N)n1. The van der Waals surface area contributed by atoms with E-state index in [2.05, 4.69) is 224 Å². The lowest BCUT2D eigenvalue weighted by atomic mass is 10.0. The maximum Gasteiger partial charge on any atom is 0.253 e. The van der Waals surface area contributed by atoms with Crippen molar-refractivity contribution in [2.45, 2.75) is 137 Å². The first-order valence-corrected chi connectivity index (χ1v) is 50.7. The van der Waals surface area contributed by atoms with E-state index in [0.29, 0.717) is 113 Å². The summed E-state index contributed by atoms with van der Waals surface area (Å²) in [6.07, 6.45) is 25.6. The first-order valence-electron chi connectivity index (χ1n) is 49.1. The number of hydrogen-bond donors (Lipinski definition) is 12. The minimum Gasteiger partial charge on any atom is -0.388 e. The van der Waals surface area contributed by atoms with Crippen molar-refractivity contribution in [1.82, 2.24) is 89.8 Å². The molecule has 19 aromatic rings. The molecule has 1 atom stereocenters. The van der Waals surface area contributed by atoms with Crippen LogP contribution in [0.15, 0.2) is 274 Å². The third-order valence-electron chi connectivity index (χ3n) is 25.8. The molecular formula is C113H118N28O4S. The van der Waals surface area contributed by atoms with Crippen LogP contribution in [-0.4, -0.2) is 136 Å². The number of benzene rings is 5. The molecule has 32 nitrogen and oxygen atoms in total. The van der Waals surface area contributed by atoms with E-state index < -0.39 is 16.1 Å². The zero-order chi connectivity index (χ0) is 102. The van der Waals surface area contributed by atoms with Crippen LogP contribution in [0.2, 0.25) is 0 Å². The largest absolute Gasteiger partial charge is 0.388 e. The van der Waals surface area contributed by atoms with Gasteiger partial charge < -0.3 is 65.3 Å². The Morgan fingerprint density at radius 3 is 1.12 bits per heavy atom. The van der Waals surface area contributed by atoms with Gasteiger partial charge in [-0.15, -0.1) is 0 Å². The number of nitrogens with one attached hydrogen (secondary N) is 6. The molecule has 0 unspecified atom stereocenters. The number of sulfonamides is 1. The molecule has 17 N–H and O–H groups in total. The maximum absolute atomic E-state index is 12.5. The first kappa shape index (κ1) is 100. The number of carbonyl (C=O) groups excluding carboxylic acids is 1. The van der Waals surface area contributed by atoms with Crippen LogP contribution < -0.4 is 60.0 Å². The highest BCUT2D eigenvalue weighted by Crippen LogP contribution is 2.39. The number of aromatic nitrogens is 16. The van der Waals surface area contributed by atoms with Crippen molar-refractivity contribution < 1.29 is 18.3 Å². The number of nitrogens with zero attached hydrogens (tertiary/aromatic N) is 17. The summed E-state index contributed by atoms with van der Waals surface area (Å²) in [5, 5.41) is 39.4. The van der Waals surface area contributed by atoms with Gasteiger partial charge in [-0.2, -0.15) is 5.10 Å². The Morgan fingerprint density at radius 1 is 0.411 bits per heavy atom. The highest BCUT2D eigenvalue weighted by molar-refractivity contribution is 7.93. The van der Waals surface area contributed by atoms with Gasteiger partial charge in [-0.1, -0.05) is 163 Å². The van der Waals surface area contributed by atoms with Crippen LogP contribution in [0.25, 0.3) is 110 Å². The summed E-state index contributed by atoms with van der Waals surface area (Å²) in [6.45, 7) is 19.2. The lowest BCUT2D eigenvalue weighted by Gasteiger charge is -2.22. The van der Waals surface area contributed by atoms with E-state index in [-0.39, 0.29) is 11.2 Å². The number of fused-ring (bicyclic) bond motifs is 5. The number of rotatable bonds is 26. The number of hydrogen-bond acceptors (Lipinski definition) is 29. The minimum atomic E-state index is -3.35. The fourth-order valence-electron chi connectivity index (χ4n) is 17.6. The summed E-state index contributed by atoms with van der Waals surface area (Å²) < 4.78 is 28.9. The van der Waals surface area contributed by atoms with Crippen molar-refractivity contribution in [1.29, 1.82) is 0 Å². The van der Waals surface area contributed by atoms with E-state index in [1.807, 2.05) is 148 Å². The van der Waals surface area contributed by atoms with Gasteiger partial charge in [0.25, 0.3) is 5.91 Å². The molecule has 740 valence electrons. The smallest absolute Gasteiger partial charge is 0.253 e. The fraction of sp³-hybridized carbons (Fsp3) is 0.221. The maximum atomic E-state index is 12.5. The summed E-state index contributed by atoms with van der Waals surface area (Å²) in [7, 11) is -1.58.